The van der Waals surface area contributed by atoms with Crippen molar-refractivity contribution in [2.45, 2.75) is 37.5 Å². The van der Waals surface area contributed by atoms with E-state index in [2.05, 4.69) is 159 Å². The van der Waals surface area contributed by atoms with Crippen molar-refractivity contribution in [1.82, 2.24) is 0 Å². The normalized spacial score (nSPS) is 18.8. The van der Waals surface area contributed by atoms with E-state index in [1.54, 1.807) is 0 Å². The Morgan fingerprint density at radius 3 is 2.04 bits per heavy atom. The molecule has 1 heteroatoms. The van der Waals surface area contributed by atoms with Crippen molar-refractivity contribution >= 4 is 10.8 Å². The van der Waals surface area contributed by atoms with Crippen LogP contribution in [0.4, 0.5) is 0 Å². The smallest absolute Gasteiger partial charge is 0.132 e. The fourth-order valence-electron chi connectivity index (χ4n) is 8.38. The van der Waals surface area contributed by atoms with Gasteiger partial charge in [0.05, 0.1) is 5.41 Å². The standard InChI is InChI=1S/C44H34O/c1-43(2)37-22-12-13-23-40(37)45-41-28-30(25-26-38(41)43)32-17-8-10-20-35(32)44(31-15-4-3-5-16-31)36-21-11-9-19-34(36)42-33-18-7-6-14-29(33)24-27-39(42)44/h4,6-28H,3,5H2,1-2H3. The quantitative estimate of drug-likeness (QED) is 0.203. The van der Waals surface area contributed by atoms with E-state index < -0.39 is 5.41 Å². The first-order valence-electron chi connectivity index (χ1n) is 16.1. The second-order valence-corrected chi connectivity index (χ2v) is 13.1. The molecule has 0 amide bonds. The predicted molar refractivity (Wildman–Crippen MR) is 186 cm³/mol. The van der Waals surface area contributed by atoms with Crippen molar-refractivity contribution in [3.8, 4) is 33.8 Å². The summed E-state index contributed by atoms with van der Waals surface area (Å²) in [5, 5.41) is 2.59. The maximum atomic E-state index is 6.62. The number of ether oxygens (including phenoxy) is 1. The van der Waals surface area contributed by atoms with Crippen molar-refractivity contribution in [2.24, 2.45) is 0 Å². The summed E-state index contributed by atoms with van der Waals surface area (Å²) in [6, 6.07) is 47.0. The fraction of sp³-hybridized carbons (Fsp3) is 0.136. The van der Waals surface area contributed by atoms with Crippen LogP contribution in [0.25, 0.3) is 33.0 Å². The fourth-order valence-corrected chi connectivity index (χ4v) is 8.38. The molecular weight excluding hydrogens is 544 g/mol. The molecule has 0 N–H and O–H groups in total. The Bertz CT molecular complexity index is 2230. The molecule has 0 saturated carbocycles. The summed E-state index contributed by atoms with van der Waals surface area (Å²) >= 11 is 0. The summed E-state index contributed by atoms with van der Waals surface area (Å²) in [7, 11) is 0. The highest BCUT2D eigenvalue weighted by Gasteiger charge is 2.48. The molecule has 45 heavy (non-hydrogen) atoms. The van der Waals surface area contributed by atoms with Gasteiger partial charge in [0.1, 0.15) is 11.5 Å². The van der Waals surface area contributed by atoms with Crippen molar-refractivity contribution in [1.29, 1.82) is 0 Å². The van der Waals surface area contributed by atoms with Gasteiger partial charge in [0.25, 0.3) is 0 Å². The average molecular weight is 579 g/mol. The number of benzene rings is 6. The van der Waals surface area contributed by atoms with Gasteiger partial charge in [-0.05, 0) is 80.3 Å². The van der Waals surface area contributed by atoms with E-state index in [1.807, 2.05) is 0 Å². The Morgan fingerprint density at radius 2 is 1.22 bits per heavy atom. The molecule has 6 aromatic carbocycles. The number of hydrogen-bond acceptors (Lipinski definition) is 1. The minimum Gasteiger partial charge on any atom is -0.457 e. The van der Waals surface area contributed by atoms with E-state index in [1.165, 1.54) is 66.4 Å². The summed E-state index contributed by atoms with van der Waals surface area (Å²) in [5.74, 6) is 1.88. The molecule has 1 unspecified atom stereocenters. The van der Waals surface area contributed by atoms with Crippen molar-refractivity contribution in [3.63, 3.8) is 0 Å². The lowest BCUT2D eigenvalue weighted by Gasteiger charge is -2.38. The Kier molecular flexibility index (Phi) is 5.65. The number of para-hydroxylation sites is 1. The van der Waals surface area contributed by atoms with Crippen LogP contribution in [0, 0.1) is 0 Å². The zero-order valence-corrected chi connectivity index (χ0v) is 25.7. The summed E-state index contributed by atoms with van der Waals surface area (Å²) in [6.45, 7) is 4.60. The highest BCUT2D eigenvalue weighted by Crippen LogP contribution is 2.60. The van der Waals surface area contributed by atoms with Crippen LogP contribution in [-0.4, -0.2) is 0 Å². The van der Waals surface area contributed by atoms with Crippen molar-refractivity contribution in [3.05, 3.63) is 179 Å². The van der Waals surface area contributed by atoms with Gasteiger partial charge in [0.2, 0.25) is 0 Å². The Hall–Kier alpha value is -5.14. The summed E-state index contributed by atoms with van der Waals surface area (Å²) < 4.78 is 6.62. The number of hydrogen-bond donors (Lipinski definition) is 0. The predicted octanol–water partition coefficient (Wildman–Crippen LogP) is 11.5. The van der Waals surface area contributed by atoms with Crippen LogP contribution in [0.5, 0.6) is 11.5 Å². The maximum Gasteiger partial charge on any atom is 0.132 e. The third-order valence-electron chi connectivity index (χ3n) is 10.4. The molecule has 1 heterocycles. The van der Waals surface area contributed by atoms with Crippen LogP contribution in [0.2, 0.25) is 0 Å². The molecule has 0 bridgehead atoms. The Labute approximate surface area is 265 Å². The number of allylic oxidation sites excluding steroid dienone is 4. The van der Waals surface area contributed by atoms with E-state index in [9.17, 15) is 0 Å². The van der Waals surface area contributed by atoms with Crippen LogP contribution in [0.3, 0.4) is 0 Å². The van der Waals surface area contributed by atoms with Gasteiger partial charge < -0.3 is 4.74 Å². The topological polar surface area (TPSA) is 9.23 Å². The molecule has 1 nitrogen and oxygen atoms in total. The lowest BCUT2D eigenvalue weighted by Crippen LogP contribution is -2.30. The third-order valence-corrected chi connectivity index (χ3v) is 10.4. The minimum atomic E-state index is -0.452. The minimum absolute atomic E-state index is 0.147. The lowest BCUT2D eigenvalue weighted by atomic mass is 9.64. The summed E-state index contributed by atoms with van der Waals surface area (Å²) in [4.78, 5) is 0. The van der Waals surface area contributed by atoms with Gasteiger partial charge >= 0.3 is 0 Å². The molecule has 3 aliphatic rings. The molecule has 0 spiro atoms. The maximum absolute atomic E-state index is 6.62. The van der Waals surface area contributed by atoms with Gasteiger partial charge in [0.15, 0.2) is 0 Å². The molecule has 9 rings (SSSR count). The van der Waals surface area contributed by atoms with Crippen molar-refractivity contribution < 1.29 is 4.74 Å². The van der Waals surface area contributed by atoms with Gasteiger partial charge in [-0.2, -0.15) is 0 Å². The zero-order valence-electron chi connectivity index (χ0n) is 25.7. The first-order chi connectivity index (χ1) is 22.1. The Balaban J connectivity index is 1.34. The van der Waals surface area contributed by atoms with E-state index in [-0.39, 0.29) is 5.41 Å². The van der Waals surface area contributed by atoms with E-state index in [0.29, 0.717) is 0 Å². The van der Waals surface area contributed by atoms with Crippen molar-refractivity contribution in [2.75, 3.05) is 0 Å². The molecule has 0 fully saturated rings. The number of fused-ring (bicyclic) bond motifs is 7. The molecule has 216 valence electrons. The van der Waals surface area contributed by atoms with Gasteiger partial charge in [-0.3, -0.25) is 0 Å². The first kappa shape index (κ1) is 26.3. The summed E-state index contributed by atoms with van der Waals surface area (Å²) in [5.41, 5.74) is 12.3. The Morgan fingerprint density at radius 1 is 0.556 bits per heavy atom. The lowest BCUT2D eigenvalue weighted by molar-refractivity contribution is 0.418. The second-order valence-electron chi connectivity index (χ2n) is 13.1. The third kappa shape index (κ3) is 3.61. The molecule has 1 aliphatic heterocycles. The highest BCUT2D eigenvalue weighted by atomic mass is 16.5. The van der Waals surface area contributed by atoms with E-state index >= 15 is 0 Å². The number of rotatable bonds is 3. The monoisotopic (exact) mass is 578 g/mol. The molecule has 0 aromatic heterocycles. The molecule has 0 radical (unpaired) electrons. The molecular formula is C44H34O. The van der Waals surface area contributed by atoms with Gasteiger partial charge in [-0.25, -0.2) is 0 Å². The van der Waals surface area contributed by atoms with Crippen LogP contribution >= 0.6 is 0 Å². The largest absolute Gasteiger partial charge is 0.457 e. The average Bonchev–Trinajstić information content (AvgIpc) is 3.40. The van der Waals surface area contributed by atoms with Crippen LogP contribution < -0.4 is 4.74 Å². The van der Waals surface area contributed by atoms with Crippen LogP contribution in [-0.2, 0) is 10.8 Å². The van der Waals surface area contributed by atoms with E-state index in [4.69, 9.17) is 4.74 Å². The summed E-state index contributed by atoms with van der Waals surface area (Å²) in [6.07, 6.45) is 9.34. The first-order valence-corrected chi connectivity index (χ1v) is 16.1. The van der Waals surface area contributed by atoms with Gasteiger partial charge in [-0.1, -0.05) is 147 Å². The van der Waals surface area contributed by atoms with Gasteiger partial charge in [0, 0.05) is 16.5 Å². The molecule has 0 saturated heterocycles. The van der Waals surface area contributed by atoms with Gasteiger partial charge in [-0.15, -0.1) is 0 Å². The molecule has 1 atom stereocenters. The molecule has 2 aliphatic carbocycles. The zero-order chi connectivity index (χ0) is 30.2. The SMILES string of the molecule is CC1(C)c2ccccc2Oc2cc(-c3ccccc3C3(C4=CCCC=C4)c4ccccc4-c4c3ccc3ccccc43)ccc21. The molecule has 6 aromatic rings. The highest BCUT2D eigenvalue weighted by molar-refractivity contribution is 6.04. The second kappa shape index (κ2) is 9.68. The van der Waals surface area contributed by atoms with E-state index in [0.717, 1.165) is 24.3 Å². The van der Waals surface area contributed by atoms with Crippen LogP contribution in [0.1, 0.15) is 54.5 Å². The van der Waals surface area contributed by atoms with Crippen LogP contribution in [0.15, 0.2) is 151 Å².